The monoisotopic (exact) mass is 405 g/mol. The molecule has 162 valence electrons. The Morgan fingerprint density at radius 3 is 2.72 bits per heavy atom. The zero-order valence-corrected chi connectivity index (χ0v) is 17.8. The zero-order valence-electron chi connectivity index (χ0n) is 17.8. The molecule has 9 nitrogen and oxygen atoms in total. The first kappa shape index (κ1) is 21.4. The van der Waals surface area contributed by atoms with E-state index in [1.165, 1.54) is 0 Å². The van der Waals surface area contributed by atoms with Gasteiger partial charge in [-0.1, -0.05) is 0 Å². The number of likely N-dealkylation sites (tertiary alicyclic amines) is 1. The molecule has 1 aromatic heterocycles. The normalized spacial score (nSPS) is 17.9. The molecular weight excluding hydrogens is 370 g/mol. The van der Waals surface area contributed by atoms with Crippen molar-refractivity contribution in [1.29, 1.82) is 0 Å². The number of hydrogen-bond acceptors (Lipinski definition) is 4. The van der Waals surface area contributed by atoms with Crippen LogP contribution in [0.5, 0.6) is 0 Å². The molecule has 29 heavy (non-hydrogen) atoms. The van der Waals surface area contributed by atoms with Crippen LogP contribution in [-0.2, 0) is 24.3 Å². The number of rotatable bonds is 7. The minimum Gasteiger partial charge on any atom is -0.359 e. The number of aliphatic imine (C=N–C) groups is 1. The summed E-state index contributed by atoms with van der Waals surface area (Å²) in [6.45, 7) is 6.80. The number of guanidine groups is 1. The fourth-order valence-electron chi connectivity index (χ4n) is 4.14. The molecule has 0 aliphatic carbocycles. The maximum atomic E-state index is 12.4. The largest absolute Gasteiger partial charge is 0.359 e. The Labute approximate surface area is 172 Å². The number of nitrogens with one attached hydrogen (secondary N) is 2. The molecule has 0 bridgehead atoms. The lowest BCUT2D eigenvalue weighted by Crippen LogP contribution is -2.46. The Hall–Kier alpha value is -2.32. The number of amides is 1. The van der Waals surface area contributed by atoms with E-state index in [1.54, 1.807) is 11.7 Å². The minimum absolute atomic E-state index is 0.0220. The Morgan fingerprint density at radius 1 is 1.24 bits per heavy atom. The van der Waals surface area contributed by atoms with E-state index >= 15 is 0 Å². The summed E-state index contributed by atoms with van der Waals surface area (Å²) < 4.78 is 3.42. The lowest BCUT2D eigenvalue weighted by molar-refractivity contribution is -0.121. The van der Waals surface area contributed by atoms with Gasteiger partial charge < -0.3 is 15.5 Å². The molecule has 3 heterocycles. The number of aryl methyl sites for hydroxylation is 2. The average Bonchev–Trinajstić information content (AvgIpc) is 3.06. The second-order valence-corrected chi connectivity index (χ2v) is 7.93. The van der Waals surface area contributed by atoms with Crippen molar-refractivity contribution < 1.29 is 4.79 Å². The van der Waals surface area contributed by atoms with Gasteiger partial charge in [0.1, 0.15) is 5.82 Å². The maximum Gasteiger partial charge on any atom is 0.345 e. The Morgan fingerprint density at radius 2 is 2.03 bits per heavy atom. The van der Waals surface area contributed by atoms with Crippen molar-refractivity contribution in [3.05, 3.63) is 16.3 Å². The Balaban J connectivity index is 1.49. The van der Waals surface area contributed by atoms with Gasteiger partial charge in [-0.2, -0.15) is 5.10 Å². The third-order valence-electron chi connectivity index (χ3n) is 5.82. The molecule has 1 saturated heterocycles. The first-order chi connectivity index (χ1) is 14.1. The molecule has 0 unspecified atom stereocenters. The Bertz CT molecular complexity index is 759. The number of carbonyl (C=O) groups is 1. The SMILES string of the molecule is CCNC(=NCCCn1nc2n(c1=O)CCCC2)N1CCC(CC(=O)NC)CC1. The van der Waals surface area contributed by atoms with Crippen LogP contribution in [0.1, 0.15) is 51.3 Å². The summed E-state index contributed by atoms with van der Waals surface area (Å²) in [7, 11) is 1.69. The van der Waals surface area contributed by atoms with Crippen LogP contribution in [0.15, 0.2) is 9.79 Å². The second-order valence-electron chi connectivity index (χ2n) is 7.93. The molecule has 2 aliphatic heterocycles. The molecule has 1 fully saturated rings. The fraction of sp³-hybridized carbons (Fsp3) is 0.800. The first-order valence-electron chi connectivity index (χ1n) is 11.0. The first-order valence-corrected chi connectivity index (χ1v) is 11.0. The van der Waals surface area contributed by atoms with Crippen molar-refractivity contribution in [2.45, 2.75) is 65.0 Å². The topological polar surface area (TPSA) is 96.6 Å². The summed E-state index contributed by atoms with van der Waals surface area (Å²) in [5, 5.41) is 10.6. The van der Waals surface area contributed by atoms with E-state index in [2.05, 4.69) is 27.6 Å². The molecule has 0 saturated carbocycles. The van der Waals surface area contributed by atoms with Gasteiger partial charge in [-0.15, -0.1) is 0 Å². The van der Waals surface area contributed by atoms with Crippen molar-refractivity contribution in [3.63, 3.8) is 0 Å². The molecule has 0 spiro atoms. The highest BCUT2D eigenvalue weighted by molar-refractivity contribution is 5.80. The van der Waals surface area contributed by atoms with Crippen LogP contribution in [0.2, 0.25) is 0 Å². The molecule has 2 aliphatic rings. The van der Waals surface area contributed by atoms with Gasteiger partial charge in [-0.3, -0.25) is 14.4 Å². The highest BCUT2D eigenvalue weighted by Crippen LogP contribution is 2.20. The van der Waals surface area contributed by atoms with Crippen LogP contribution < -0.4 is 16.3 Å². The van der Waals surface area contributed by atoms with Crippen molar-refractivity contribution in [2.75, 3.05) is 33.2 Å². The van der Waals surface area contributed by atoms with E-state index < -0.39 is 0 Å². The number of aromatic nitrogens is 3. The predicted octanol–water partition coefficient (Wildman–Crippen LogP) is 0.585. The van der Waals surface area contributed by atoms with Crippen LogP contribution in [0.4, 0.5) is 0 Å². The van der Waals surface area contributed by atoms with Crippen LogP contribution in [0.25, 0.3) is 0 Å². The minimum atomic E-state index is 0.0220. The molecule has 0 atom stereocenters. The molecular formula is C20H35N7O2. The van der Waals surface area contributed by atoms with E-state index in [-0.39, 0.29) is 11.6 Å². The number of nitrogens with zero attached hydrogens (tertiary/aromatic N) is 5. The van der Waals surface area contributed by atoms with Gasteiger partial charge in [0.15, 0.2) is 5.96 Å². The van der Waals surface area contributed by atoms with E-state index in [0.29, 0.717) is 25.4 Å². The highest BCUT2D eigenvalue weighted by Gasteiger charge is 2.23. The van der Waals surface area contributed by atoms with Gasteiger partial charge in [-0.05, 0) is 44.9 Å². The van der Waals surface area contributed by atoms with Crippen molar-refractivity contribution in [3.8, 4) is 0 Å². The second kappa shape index (κ2) is 10.5. The van der Waals surface area contributed by atoms with Crippen molar-refractivity contribution >= 4 is 11.9 Å². The van der Waals surface area contributed by atoms with Crippen LogP contribution in [0.3, 0.4) is 0 Å². The van der Waals surface area contributed by atoms with Crippen LogP contribution >= 0.6 is 0 Å². The van der Waals surface area contributed by atoms with E-state index in [4.69, 9.17) is 4.99 Å². The summed E-state index contributed by atoms with van der Waals surface area (Å²) in [5.41, 5.74) is 0.0220. The zero-order chi connectivity index (χ0) is 20.6. The summed E-state index contributed by atoms with van der Waals surface area (Å²) in [6.07, 6.45) is 6.50. The molecule has 0 aromatic carbocycles. The summed E-state index contributed by atoms with van der Waals surface area (Å²) in [5.74, 6) is 2.44. The van der Waals surface area contributed by atoms with Gasteiger partial charge in [-0.25, -0.2) is 9.48 Å². The smallest absolute Gasteiger partial charge is 0.345 e. The van der Waals surface area contributed by atoms with Gasteiger partial charge in [0.2, 0.25) is 5.91 Å². The van der Waals surface area contributed by atoms with E-state index in [9.17, 15) is 9.59 Å². The quantitative estimate of drug-likeness (QED) is 0.393. The van der Waals surface area contributed by atoms with Gasteiger partial charge >= 0.3 is 5.69 Å². The third kappa shape index (κ3) is 5.61. The molecule has 0 radical (unpaired) electrons. The van der Waals surface area contributed by atoms with Crippen molar-refractivity contribution in [2.24, 2.45) is 10.9 Å². The Kier molecular flexibility index (Phi) is 7.71. The summed E-state index contributed by atoms with van der Waals surface area (Å²) in [4.78, 5) is 31.0. The van der Waals surface area contributed by atoms with Crippen molar-refractivity contribution in [1.82, 2.24) is 29.9 Å². The molecule has 1 aromatic rings. The molecule has 2 N–H and O–H groups in total. The van der Waals surface area contributed by atoms with E-state index in [0.717, 1.165) is 76.5 Å². The lowest BCUT2D eigenvalue weighted by atomic mass is 9.93. The number of piperidine rings is 1. The number of fused-ring (bicyclic) bond motifs is 1. The van der Waals surface area contributed by atoms with Gasteiger partial charge in [0.25, 0.3) is 0 Å². The highest BCUT2D eigenvalue weighted by atomic mass is 16.2. The van der Waals surface area contributed by atoms with Gasteiger partial charge in [0, 0.05) is 59.2 Å². The van der Waals surface area contributed by atoms with Crippen LogP contribution in [0, 0.1) is 5.92 Å². The number of carbonyl (C=O) groups excluding carboxylic acids is 1. The summed E-state index contributed by atoms with van der Waals surface area (Å²) in [6, 6.07) is 0. The van der Waals surface area contributed by atoms with Crippen LogP contribution in [-0.4, -0.2) is 64.3 Å². The lowest BCUT2D eigenvalue weighted by Gasteiger charge is -2.34. The fourth-order valence-corrected chi connectivity index (χ4v) is 4.14. The predicted molar refractivity (Wildman–Crippen MR) is 113 cm³/mol. The van der Waals surface area contributed by atoms with E-state index in [1.807, 2.05) is 4.57 Å². The molecule has 3 rings (SSSR count). The third-order valence-corrected chi connectivity index (χ3v) is 5.82. The average molecular weight is 406 g/mol. The maximum absolute atomic E-state index is 12.4. The molecule has 1 amide bonds. The standard InChI is InChI=1S/C20H35N7O2/c1-3-22-19(25-13-8-16(9-14-25)15-18(28)21-2)23-10-6-12-27-20(29)26-11-5-4-7-17(26)24-27/h16H,3-15H2,1-2H3,(H,21,28)(H,22,23). The van der Waals surface area contributed by atoms with Gasteiger partial charge in [0.05, 0.1) is 0 Å². The molecule has 9 heteroatoms. The summed E-state index contributed by atoms with van der Waals surface area (Å²) >= 11 is 0. The number of hydrogen-bond donors (Lipinski definition) is 2.